The second kappa shape index (κ2) is 5.97. The van der Waals surface area contributed by atoms with Crippen molar-refractivity contribution in [3.63, 3.8) is 0 Å². The maximum atomic E-state index is 12.0. The van der Waals surface area contributed by atoms with E-state index in [1.165, 1.54) is 12.4 Å². The van der Waals surface area contributed by atoms with E-state index in [1.54, 1.807) is 18.2 Å². The molecule has 2 aromatic rings. The second-order valence-corrected chi connectivity index (χ2v) is 4.39. The molecule has 0 atom stereocenters. The van der Waals surface area contributed by atoms with E-state index < -0.39 is 0 Å². The number of aromatic nitrogens is 1. The normalized spacial score (nSPS) is 9.90. The largest absolute Gasteiger partial charge is 0.269 e. The van der Waals surface area contributed by atoms with Crippen molar-refractivity contribution < 1.29 is 9.59 Å². The summed E-state index contributed by atoms with van der Waals surface area (Å²) in [5.41, 5.74) is 7.68. The molecule has 20 heavy (non-hydrogen) atoms. The molecule has 2 rings (SSSR count). The first-order valence-corrected chi connectivity index (χ1v) is 6.16. The molecule has 5 nitrogen and oxygen atoms in total. The van der Waals surface area contributed by atoms with Gasteiger partial charge in [0.05, 0.1) is 0 Å². The number of hydrogen-bond donors (Lipinski definition) is 2. The van der Waals surface area contributed by atoms with E-state index in [2.05, 4.69) is 15.8 Å². The maximum Gasteiger partial charge on any atom is 0.269 e. The van der Waals surface area contributed by atoms with Crippen molar-refractivity contribution >= 4 is 11.8 Å². The Morgan fingerprint density at radius 2 is 1.60 bits per heavy atom. The summed E-state index contributed by atoms with van der Waals surface area (Å²) in [7, 11) is 0. The lowest BCUT2D eigenvalue weighted by molar-refractivity contribution is 0.0846. The molecule has 0 radical (unpaired) electrons. The van der Waals surface area contributed by atoms with Crippen LogP contribution in [0.2, 0.25) is 0 Å². The predicted molar refractivity (Wildman–Crippen MR) is 75.1 cm³/mol. The number of hydrogen-bond acceptors (Lipinski definition) is 3. The first-order valence-electron chi connectivity index (χ1n) is 6.16. The zero-order chi connectivity index (χ0) is 14.5. The molecule has 0 aliphatic carbocycles. The van der Waals surface area contributed by atoms with E-state index in [1.807, 2.05) is 26.0 Å². The fourth-order valence-corrected chi connectivity index (χ4v) is 1.75. The predicted octanol–water partition coefficient (Wildman–Crippen LogP) is 1.77. The molecule has 0 saturated heterocycles. The molecule has 0 aliphatic rings. The average molecular weight is 269 g/mol. The minimum atomic E-state index is -0.383. The van der Waals surface area contributed by atoms with Crippen molar-refractivity contribution in [2.24, 2.45) is 0 Å². The van der Waals surface area contributed by atoms with Crippen molar-refractivity contribution in [1.82, 2.24) is 15.8 Å². The Labute approximate surface area is 117 Å². The number of nitrogens with one attached hydrogen (secondary N) is 2. The summed E-state index contributed by atoms with van der Waals surface area (Å²) in [6.45, 7) is 3.80. The molecule has 0 unspecified atom stereocenters. The van der Waals surface area contributed by atoms with Crippen LogP contribution in [0.4, 0.5) is 0 Å². The van der Waals surface area contributed by atoms with E-state index in [9.17, 15) is 9.59 Å². The summed E-state index contributed by atoms with van der Waals surface area (Å²) >= 11 is 0. The highest BCUT2D eigenvalue weighted by Crippen LogP contribution is 2.12. The molecule has 102 valence electrons. The third-order valence-corrected chi connectivity index (χ3v) is 3.08. The Kier molecular flexibility index (Phi) is 4.10. The standard InChI is InChI=1S/C15H15N3O2/c1-10-4-3-5-13(11(10)2)15(20)18-17-14(19)12-6-8-16-9-7-12/h3-9H,1-2H3,(H,17,19)(H,18,20). The lowest BCUT2D eigenvalue weighted by Crippen LogP contribution is -2.41. The van der Waals surface area contributed by atoms with Gasteiger partial charge in [0.2, 0.25) is 0 Å². The summed E-state index contributed by atoms with van der Waals surface area (Å²) in [6, 6.07) is 8.60. The molecule has 0 fully saturated rings. The number of aryl methyl sites for hydroxylation is 1. The molecule has 5 heteroatoms. The second-order valence-electron chi connectivity index (χ2n) is 4.39. The lowest BCUT2D eigenvalue weighted by Gasteiger charge is -2.10. The topological polar surface area (TPSA) is 71.1 Å². The number of amides is 2. The number of hydrazine groups is 1. The summed E-state index contributed by atoms with van der Waals surface area (Å²) in [6.07, 6.45) is 3.03. The maximum absolute atomic E-state index is 12.0. The summed E-state index contributed by atoms with van der Waals surface area (Å²) < 4.78 is 0. The number of carbonyl (C=O) groups excluding carboxylic acids is 2. The highest BCUT2D eigenvalue weighted by Gasteiger charge is 2.11. The van der Waals surface area contributed by atoms with Gasteiger partial charge in [0.1, 0.15) is 0 Å². The van der Waals surface area contributed by atoms with E-state index in [0.717, 1.165) is 11.1 Å². The first kappa shape index (κ1) is 13.7. The van der Waals surface area contributed by atoms with Crippen LogP contribution in [-0.4, -0.2) is 16.8 Å². The number of pyridine rings is 1. The SMILES string of the molecule is Cc1cccc(C(=O)NNC(=O)c2ccncc2)c1C. The molecular weight excluding hydrogens is 254 g/mol. The fraction of sp³-hybridized carbons (Fsp3) is 0.133. The zero-order valence-electron chi connectivity index (χ0n) is 11.3. The molecule has 1 aromatic heterocycles. The van der Waals surface area contributed by atoms with Crippen LogP contribution in [0.5, 0.6) is 0 Å². The summed E-state index contributed by atoms with van der Waals surface area (Å²) in [5.74, 6) is -0.723. The quantitative estimate of drug-likeness (QED) is 0.816. The van der Waals surface area contributed by atoms with Gasteiger partial charge in [-0.15, -0.1) is 0 Å². The Hall–Kier alpha value is -2.69. The number of benzene rings is 1. The van der Waals surface area contributed by atoms with Gasteiger partial charge in [-0.1, -0.05) is 12.1 Å². The van der Waals surface area contributed by atoms with Crippen LogP contribution in [-0.2, 0) is 0 Å². The van der Waals surface area contributed by atoms with Gasteiger partial charge in [0.15, 0.2) is 0 Å². The van der Waals surface area contributed by atoms with Crippen LogP contribution < -0.4 is 10.9 Å². The van der Waals surface area contributed by atoms with Crippen LogP contribution in [0.15, 0.2) is 42.7 Å². The van der Waals surface area contributed by atoms with Gasteiger partial charge in [0, 0.05) is 23.5 Å². The minimum absolute atomic E-state index is 0.339. The van der Waals surface area contributed by atoms with Crippen LogP contribution in [0.1, 0.15) is 31.8 Å². The average Bonchev–Trinajstić information content (AvgIpc) is 2.48. The van der Waals surface area contributed by atoms with Crippen LogP contribution in [0.25, 0.3) is 0 Å². The summed E-state index contributed by atoms with van der Waals surface area (Å²) in [4.78, 5) is 27.6. The lowest BCUT2D eigenvalue weighted by atomic mass is 10.0. The van der Waals surface area contributed by atoms with Gasteiger partial charge in [-0.05, 0) is 43.2 Å². The number of rotatable bonds is 2. The van der Waals surface area contributed by atoms with E-state index >= 15 is 0 Å². The molecule has 0 bridgehead atoms. The third kappa shape index (κ3) is 3.00. The Morgan fingerprint density at radius 3 is 2.30 bits per heavy atom. The van der Waals surface area contributed by atoms with Crippen LogP contribution in [0, 0.1) is 13.8 Å². The van der Waals surface area contributed by atoms with Gasteiger partial charge in [0.25, 0.3) is 11.8 Å². The molecule has 1 aromatic carbocycles. The Morgan fingerprint density at radius 1 is 0.950 bits per heavy atom. The van der Waals surface area contributed by atoms with E-state index in [4.69, 9.17) is 0 Å². The third-order valence-electron chi connectivity index (χ3n) is 3.08. The van der Waals surface area contributed by atoms with Gasteiger partial charge in [-0.3, -0.25) is 25.4 Å². The van der Waals surface area contributed by atoms with E-state index in [0.29, 0.717) is 11.1 Å². The van der Waals surface area contributed by atoms with Crippen molar-refractivity contribution in [1.29, 1.82) is 0 Å². The van der Waals surface area contributed by atoms with Crippen LogP contribution in [0.3, 0.4) is 0 Å². The monoisotopic (exact) mass is 269 g/mol. The molecule has 0 aliphatic heterocycles. The number of nitrogens with zero attached hydrogens (tertiary/aromatic N) is 1. The van der Waals surface area contributed by atoms with Crippen molar-refractivity contribution in [2.45, 2.75) is 13.8 Å². The number of carbonyl (C=O) groups is 2. The summed E-state index contributed by atoms with van der Waals surface area (Å²) in [5, 5.41) is 0. The van der Waals surface area contributed by atoms with E-state index in [-0.39, 0.29) is 11.8 Å². The van der Waals surface area contributed by atoms with Gasteiger partial charge in [-0.2, -0.15) is 0 Å². The highest BCUT2D eigenvalue weighted by molar-refractivity contribution is 5.99. The van der Waals surface area contributed by atoms with Crippen molar-refractivity contribution in [3.8, 4) is 0 Å². The Balaban J connectivity index is 2.03. The molecule has 1 heterocycles. The Bertz CT molecular complexity index is 639. The van der Waals surface area contributed by atoms with Crippen LogP contribution >= 0.6 is 0 Å². The first-order chi connectivity index (χ1) is 9.59. The van der Waals surface area contributed by atoms with Gasteiger partial charge in [-0.25, -0.2) is 0 Å². The molecule has 2 N–H and O–H groups in total. The highest BCUT2D eigenvalue weighted by atomic mass is 16.2. The zero-order valence-corrected chi connectivity index (χ0v) is 11.3. The minimum Gasteiger partial charge on any atom is -0.267 e. The van der Waals surface area contributed by atoms with Crippen molar-refractivity contribution in [2.75, 3.05) is 0 Å². The smallest absolute Gasteiger partial charge is 0.267 e. The molecule has 0 saturated carbocycles. The molecular formula is C15H15N3O2. The van der Waals surface area contributed by atoms with Gasteiger partial charge >= 0.3 is 0 Å². The van der Waals surface area contributed by atoms with Gasteiger partial charge < -0.3 is 0 Å². The molecule has 2 amide bonds. The molecule has 0 spiro atoms. The van der Waals surface area contributed by atoms with Crippen molar-refractivity contribution in [3.05, 3.63) is 65.0 Å². The fourth-order valence-electron chi connectivity index (χ4n) is 1.75.